The van der Waals surface area contributed by atoms with Crippen molar-refractivity contribution in [1.82, 2.24) is 4.90 Å². The normalized spacial score (nSPS) is 33.8. The molecule has 3 fully saturated rings. The fraction of sp³-hybridized carbons (Fsp3) is 0.712. The molecular weight excluding hydrogens is 979 g/mol. The van der Waals surface area contributed by atoms with Crippen molar-refractivity contribution in [2.75, 3.05) is 27.9 Å². The second-order valence-electron chi connectivity index (χ2n) is 21.9. The molecule has 2 N–H and O–H groups in total. The van der Waals surface area contributed by atoms with Crippen molar-refractivity contribution in [2.45, 2.75) is 206 Å². The highest BCUT2D eigenvalue weighted by molar-refractivity contribution is 6.39. The number of hydrogen-bond donors (Lipinski definition) is 2. The van der Waals surface area contributed by atoms with Gasteiger partial charge < -0.3 is 48.3 Å². The number of carbonyl (C=O) groups excluding carboxylic acids is 7. The molecule has 0 aromatic heterocycles. The molecule has 3 aliphatic heterocycles. The van der Waals surface area contributed by atoms with Crippen LogP contribution in [0.15, 0.2) is 60.4 Å². The number of esters is 3. The van der Waals surface area contributed by atoms with E-state index in [1.54, 1.807) is 48.0 Å². The fourth-order valence-corrected chi connectivity index (χ4v) is 11.2. The van der Waals surface area contributed by atoms with Gasteiger partial charge in [0.25, 0.3) is 11.7 Å². The van der Waals surface area contributed by atoms with Gasteiger partial charge in [-0.2, -0.15) is 0 Å². The zero-order valence-corrected chi connectivity index (χ0v) is 46.9. The van der Waals surface area contributed by atoms with E-state index in [0.717, 1.165) is 11.8 Å². The van der Waals surface area contributed by atoms with Crippen molar-refractivity contribution < 1.29 is 76.9 Å². The zero-order chi connectivity index (χ0) is 56.3. The molecule has 15 atom stereocenters. The number of fused-ring (bicyclic) bond motifs is 3. The number of rotatable bonds is 13. The van der Waals surface area contributed by atoms with E-state index in [1.807, 2.05) is 51.2 Å². The number of amides is 1. The van der Waals surface area contributed by atoms with Gasteiger partial charge in [-0.05, 0) is 120 Å². The third kappa shape index (κ3) is 18.2. The molecule has 0 aromatic carbocycles. The molecule has 2 saturated heterocycles. The summed E-state index contributed by atoms with van der Waals surface area (Å²) in [6, 6.07) is -1.19. The van der Waals surface area contributed by atoms with Gasteiger partial charge in [0, 0.05) is 71.3 Å². The molecule has 76 heavy (non-hydrogen) atoms. The van der Waals surface area contributed by atoms with E-state index in [-0.39, 0.29) is 61.2 Å². The standard InChI is InChI=1S/C59H89NO16/c1-12-73-51(62)23-16-17-24-52(63)74-47-28-26-43(33-50(47)71-10)32-39(5)49-35-46(61)38(4)31-41(7)54(65)55(72-11)53(64)40(6)30-36(2)20-14-13-15-21-37(3)48(70-9)34-44-27-25-42(8)59(69,76-44)56(66)57(67)60-29-19-18-22-45(60)58(68)75-49/h12-15,20-21,31,36,39-45,47-50,54-55,65,69H,1,16-19,22-30,32-35H2,2-11H3/t36-,39-,40-,41?,42-,43+,44+,45+,47-,48+,49+,50-,54-,55+,59-/m1/s1. The number of hydrogen-bond acceptors (Lipinski definition) is 16. The average Bonchev–Trinajstić information content (AvgIpc) is 3.39. The third-order valence-corrected chi connectivity index (χ3v) is 16.0. The van der Waals surface area contributed by atoms with Gasteiger partial charge in [-0.15, -0.1) is 0 Å². The molecule has 1 unspecified atom stereocenters. The lowest BCUT2D eigenvalue weighted by Crippen LogP contribution is -2.61. The van der Waals surface area contributed by atoms with Gasteiger partial charge in [-0.25, -0.2) is 4.79 Å². The number of aliphatic hydroxyl groups is 2. The highest BCUT2D eigenvalue weighted by Gasteiger charge is 2.53. The number of nitrogens with zero attached hydrogens (tertiary/aromatic N) is 1. The Balaban J connectivity index is 1.64. The van der Waals surface area contributed by atoms with Crippen LogP contribution >= 0.6 is 0 Å². The summed E-state index contributed by atoms with van der Waals surface area (Å²) in [5, 5.41) is 23.6. The lowest BCUT2D eigenvalue weighted by Gasteiger charge is -2.42. The van der Waals surface area contributed by atoms with E-state index < -0.39 is 108 Å². The van der Waals surface area contributed by atoms with Gasteiger partial charge in [0.1, 0.15) is 24.4 Å². The lowest BCUT2D eigenvalue weighted by atomic mass is 9.78. The van der Waals surface area contributed by atoms with E-state index >= 15 is 0 Å². The first-order chi connectivity index (χ1) is 36.1. The number of piperidine rings is 1. The predicted molar refractivity (Wildman–Crippen MR) is 284 cm³/mol. The quantitative estimate of drug-likeness (QED) is 0.0586. The molecule has 1 aliphatic carbocycles. The second-order valence-corrected chi connectivity index (χ2v) is 21.9. The summed E-state index contributed by atoms with van der Waals surface area (Å²) < 4.78 is 40.4. The monoisotopic (exact) mass is 1070 g/mol. The number of cyclic esters (lactones) is 1. The molecule has 0 spiro atoms. The number of unbranched alkanes of at least 4 members (excludes halogenated alkanes) is 1. The summed E-state index contributed by atoms with van der Waals surface area (Å²) in [5.74, 6) is -9.25. The maximum atomic E-state index is 14.6. The molecule has 4 rings (SSSR count). The Morgan fingerprint density at radius 2 is 1.58 bits per heavy atom. The van der Waals surface area contributed by atoms with E-state index in [1.165, 1.54) is 12.0 Å². The van der Waals surface area contributed by atoms with E-state index in [4.69, 9.17) is 33.2 Å². The van der Waals surface area contributed by atoms with Gasteiger partial charge in [-0.3, -0.25) is 28.8 Å². The summed E-state index contributed by atoms with van der Waals surface area (Å²) in [6.45, 7) is 16.0. The highest BCUT2D eigenvalue weighted by atomic mass is 16.6. The maximum Gasteiger partial charge on any atom is 0.329 e. The van der Waals surface area contributed by atoms with Gasteiger partial charge in [0.15, 0.2) is 11.6 Å². The van der Waals surface area contributed by atoms with Crippen LogP contribution in [-0.2, 0) is 66.7 Å². The van der Waals surface area contributed by atoms with E-state index in [0.29, 0.717) is 77.0 Å². The number of carbonyl (C=O) groups is 7. The minimum Gasteiger partial charge on any atom is -0.460 e. The molecule has 17 heteroatoms. The molecule has 1 saturated carbocycles. The van der Waals surface area contributed by atoms with Crippen LogP contribution in [0.3, 0.4) is 0 Å². The Bertz CT molecular complexity index is 2110. The topological polar surface area (TPSA) is 228 Å². The number of ether oxygens (including phenoxy) is 7. The molecule has 1 amide bonds. The Kier molecular flexibility index (Phi) is 26.1. The Hall–Kier alpha value is -4.65. The molecule has 4 aliphatic rings. The van der Waals surface area contributed by atoms with Crippen molar-refractivity contribution in [1.29, 1.82) is 0 Å². The largest absolute Gasteiger partial charge is 0.460 e. The van der Waals surface area contributed by atoms with Crippen molar-refractivity contribution in [3.8, 4) is 0 Å². The molecular formula is C59H89NO16. The Labute approximate surface area is 451 Å². The first-order valence-corrected chi connectivity index (χ1v) is 27.6. The van der Waals surface area contributed by atoms with Gasteiger partial charge in [-0.1, -0.05) is 77.7 Å². The van der Waals surface area contributed by atoms with Crippen molar-refractivity contribution in [3.63, 3.8) is 0 Å². The van der Waals surface area contributed by atoms with Crippen LogP contribution in [0.1, 0.15) is 151 Å². The molecule has 0 aromatic rings. The third-order valence-electron chi connectivity index (χ3n) is 16.0. The van der Waals surface area contributed by atoms with Crippen LogP contribution in [0.4, 0.5) is 0 Å². The zero-order valence-electron chi connectivity index (χ0n) is 46.9. The minimum absolute atomic E-state index is 0.00125. The number of ketones is 3. The van der Waals surface area contributed by atoms with Crippen LogP contribution in [0, 0.1) is 35.5 Å². The molecule has 17 nitrogen and oxygen atoms in total. The minimum atomic E-state index is -2.46. The number of aliphatic hydroxyl groups excluding tert-OH is 1. The smallest absolute Gasteiger partial charge is 0.329 e. The molecule has 3 heterocycles. The van der Waals surface area contributed by atoms with Gasteiger partial charge in [0.05, 0.1) is 30.7 Å². The van der Waals surface area contributed by atoms with Crippen LogP contribution < -0.4 is 0 Å². The Morgan fingerprint density at radius 1 is 0.868 bits per heavy atom. The summed E-state index contributed by atoms with van der Waals surface area (Å²) >= 11 is 0. The molecule has 2 bridgehead atoms. The fourth-order valence-electron chi connectivity index (χ4n) is 11.2. The lowest BCUT2D eigenvalue weighted by molar-refractivity contribution is -0.265. The molecule has 0 radical (unpaired) electrons. The number of Topliss-reactive ketones (excluding diaryl/α,β-unsaturated/α-hetero) is 3. The van der Waals surface area contributed by atoms with Crippen molar-refractivity contribution in [3.05, 3.63) is 60.4 Å². The highest BCUT2D eigenvalue weighted by Crippen LogP contribution is 2.38. The van der Waals surface area contributed by atoms with Crippen LogP contribution in [0.25, 0.3) is 0 Å². The maximum absolute atomic E-state index is 14.6. The first-order valence-electron chi connectivity index (χ1n) is 27.6. The van der Waals surface area contributed by atoms with Gasteiger partial charge in [0.2, 0.25) is 5.79 Å². The van der Waals surface area contributed by atoms with E-state index in [9.17, 15) is 43.8 Å². The Morgan fingerprint density at radius 3 is 2.25 bits per heavy atom. The first kappa shape index (κ1) is 63.9. The van der Waals surface area contributed by atoms with Crippen molar-refractivity contribution in [2.24, 2.45) is 35.5 Å². The van der Waals surface area contributed by atoms with Crippen LogP contribution in [0.2, 0.25) is 0 Å². The average molecular weight is 1070 g/mol. The van der Waals surface area contributed by atoms with Crippen LogP contribution in [0.5, 0.6) is 0 Å². The number of methoxy groups -OCH3 is 3. The summed E-state index contributed by atoms with van der Waals surface area (Å²) in [7, 11) is 4.49. The van der Waals surface area contributed by atoms with Crippen LogP contribution in [-0.4, -0.2) is 139 Å². The van der Waals surface area contributed by atoms with E-state index in [2.05, 4.69) is 6.58 Å². The number of allylic oxidation sites excluding steroid dienone is 6. The summed E-state index contributed by atoms with van der Waals surface area (Å²) in [5.41, 5.74) is 1.14. The predicted octanol–water partition coefficient (Wildman–Crippen LogP) is 7.98. The van der Waals surface area contributed by atoms with Gasteiger partial charge >= 0.3 is 17.9 Å². The summed E-state index contributed by atoms with van der Waals surface area (Å²) in [4.78, 5) is 97.1. The second kappa shape index (κ2) is 31.1. The SMILES string of the molecule is C=COC(=O)CCCCC(=O)O[C@@H]1CC[C@@H](C[C@@H](C)[C@@H]2CC(=O)C(C)=CC(C)[C@@H](O)[C@@H](OC)C(=O)[C@H](C)C[C@H](C)C=CC=CC=C(C)[C@@H](OC)C[C@@H]3CC[C@@H](C)[C@@](O)(O3)C(=O)C(=O)N3CCCC[C@H]3C(=O)O2)C[C@H]1OC. The van der Waals surface area contributed by atoms with Crippen molar-refractivity contribution >= 4 is 41.2 Å². The summed E-state index contributed by atoms with van der Waals surface area (Å²) in [6.07, 6.45) is 12.7. The molecule has 426 valence electrons.